The van der Waals surface area contributed by atoms with E-state index in [9.17, 15) is 0 Å². The molecule has 2 aliphatic heterocycles. The molecular formula is C48H56N2. The van der Waals surface area contributed by atoms with E-state index in [2.05, 4.69) is 169 Å². The molecule has 2 aliphatic rings. The summed E-state index contributed by atoms with van der Waals surface area (Å²) in [5.41, 5.74) is 8.84. The van der Waals surface area contributed by atoms with E-state index < -0.39 is 0 Å². The molecule has 4 atom stereocenters. The van der Waals surface area contributed by atoms with Crippen LogP contribution in [0.2, 0.25) is 0 Å². The van der Waals surface area contributed by atoms with Crippen LogP contribution in [-0.2, 0) is 0 Å². The molecule has 4 unspecified atom stereocenters. The van der Waals surface area contributed by atoms with Gasteiger partial charge in [0.05, 0.1) is 0 Å². The number of nitrogens with zero attached hydrogens (tertiary/aromatic N) is 2. The van der Waals surface area contributed by atoms with E-state index >= 15 is 0 Å². The minimum atomic E-state index is 0.414. The molecule has 0 aromatic heterocycles. The average molecular weight is 661 g/mol. The summed E-state index contributed by atoms with van der Waals surface area (Å²) in [4.78, 5) is 5.66. The fourth-order valence-electron chi connectivity index (χ4n) is 9.15. The van der Waals surface area contributed by atoms with Gasteiger partial charge in [-0.15, -0.1) is 0 Å². The highest BCUT2D eigenvalue weighted by Crippen LogP contribution is 2.50. The first-order chi connectivity index (χ1) is 24.7. The van der Waals surface area contributed by atoms with E-state index in [0.717, 1.165) is 13.1 Å². The Hall–Kier alpha value is -3.98. The first kappa shape index (κ1) is 34.5. The number of hydrogen-bond donors (Lipinski definition) is 0. The highest BCUT2D eigenvalue weighted by Gasteiger charge is 2.39. The van der Waals surface area contributed by atoms with Crippen molar-refractivity contribution in [3.63, 3.8) is 0 Å². The van der Waals surface area contributed by atoms with Crippen molar-refractivity contribution in [1.82, 2.24) is 9.80 Å². The van der Waals surface area contributed by atoms with Crippen molar-refractivity contribution >= 4 is 0 Å². The minimum Gasteiger partial charge on any atom is -0.289 e. The van der Waals surface area contributed by atoms with Gasteiger partial charge in [0.15, 0.2) is 0 Å². The molecule has 0 radical (unpaired) electrons. The van der Waals surface area contributed by atoms with Crippen molar-refractivity contribution in [2.45, 2.75) is 101 Å². The predicted molar refractivity (Wildman–Crippen MR) is 210 cm³/mol. The van der Waals surface area contributed by atoms with Crippen molar-refractivity contribution < 1.29 is 0 Å². The quantitative estimate of drug-likeness (QED) is 0.131. The van der Waals surface area contributed by atoms with Crippen LogP contribution < -0.4 is 0 Å². The molecule has 0 aliphatic carbocycles. The number of unbranched alkanes of at least 4 members (excludes halogenated alkanes) is 2. The second-order valence-corrected chi connectivity index (χ2v) is 14.9. The number of piperidine rings is 2. The molecular weight excluding hydrogens is 605 g/mol. The van der Waals surface area contributed by atoms with E-state index in [0.29, 0.717) is 36.0 Å². The van der Waals surface area contributed by atoms with Crippen LogP contribution in [-0.4, -0.2) is 22.9 Å². The van der Waals surface area contributed by atoms with Crippen molar-refractivity contribution in [1.29, 1.82) is 0 Å². The molecule has 5 aromatic carbocycles. The predicted octanol–water partition coefficient (Wildman–Crippen LogP) is 12.6. The number of hydrogen-bond acceptors (Lipinski definition) is 2. The van der Waals surface area contributed by atoms with E-state index in [-0.39, 0.29) is 0 Å². The van der Waals surface area contributed by atoms with Gasteiger partial charge >= 0.3 is 0 Å². The first-order valence-corrected chi connectivity index (χ1v) is 19.5. The van der Waals surface area contributed by atoms with E-state index in [1.54, 1.807) is 0 Å². The number of benzene rings is 5. The Bertz CT molecular complexity index is 1470. The van der Waals surface area contributed by atoms with E-state index in [1.165, 1.54) is 84.7 Å². The molecule has 0 spiro atoms. The zero-order chi connectivity index (χ0) is 34.1. The summed E-state index contributed by atoms with van der Waals surface area (Å²) >= 11 is 0. The van der Waals surface area contributed by atoms with Gasteiger partial charge in [-0.05, 0) is 96.8 Å². The Balaban J connectivity index is 1.19. The lowest BCUT2D eigenvalue weighted by Gasteiger charge is -2.47. The second-order valence-electron chi connectivity index (χ2n) is 14.9. The molecule has 50 heavy (non-hydrogen) atoms. The van der Waals surface area contributed by atoms with Crippen LogP contribution in [0.25, 0.3) is 0 Å². The third kappa shape index (κ3) is 7.83. The van der Waals surface area contributed by atoms with Crippen molar-refractivity contribution in [3.8, 4) is 0 Å². The highest BCUT2D eigenvalue weighted by molar-refractivity contribution is 5.34. The zero-order valence-electron chi connectivity index (χ0n) is 30.3. The Morgan fingerprint density at radius 1 is 0.360 bits per heavy atom. The zero-order valence-corrected chi connectivity index (χ0v) is 30.3. The van der Waals surface area contributed by atoms with Gasteiger partial charge < -0.3 is 0 Å². The van der Waals surface area contributed by atoms with Gasteiger partial charge in [0, 0.05) is 24.2 Å². The average Bonchev–Trinajstić information content (AvgIpc) is 3.20. The summed E-state index contributed by atoms with van der Waals surface area (Å²) < 4.78 is 0. The monoisotopic (exact) mass is 660 g/mol. The molecule has 2 heteroatoms. The van der Waals surface area contributed by atoms with Crippen LogP contribution in [0.5, 0.6) is 0 Å². The van der Waals surface area contributed by atoms with Gasteiger partial charge in [-0.3, -0.25) is 9.80 Å². The molecule has 2 heterocycles. The summed E-state index contributed by atoms with van der Waals surface area (Å²) in [6.07, 6.45) is 9.57. The molecule has 5 aromatic rings. The maximum atomic E-state index is 2.83. The van der Waals surface area contributed by atoms with E-state index in [1.807, 2.05) is 0 Å². The Morgan fingerprint density at radius 3 is 0.860 bits per heavy atom. The summed E-state index contributed by atoms with van der Waals surface area (Å²) in [5.74, 6) is 1.03. The van der Waals surface area contributed by atoms with E-state index in [4.69, 9.17) is 0 Å². The lowest BCUT2D eigenvalue weighted by molar-refractivity contribution is 0.0673. The molecule has 0 N–H and O–H groups in total. The van der Waals surface area contributed by atoms with Gasteiger partial charge in [0.2, 0.25) is 0 Å². The third-order valence-corrected chi connectivity index (χ3v) is 11.8. The normalized spacial score (nSPS) is 24.6. The molecule has 0 amide bonds. The van der Waals surface area contributed by atoms with Crippen LogP contribution in [0.15, 0.2) is 146 Å². The molecule has 2 fully saturated rings. The van der Waals surface area contributed by atoms with Gasteiger partial charge in [-0.1, -0.05) is 172 Å². The fraction of sp³-hybridized carbons (Fsp3) is 0.375. The summed E-state index contributed by atoms with van der Waals surface area (Å²) in [7, 11) is 0. The first-order valence-electron chi connectivity index (χ1n) is 19.5. The van der Waals surface area contributed by atoms with Gasteiger partial charge in [-0.2, -0.15) is 0 Å². The highest BCUT2D eigenvalue weighted by atomic mass is 15.2. The van der Waals surface area contributed by atoms with Crippen molar-refractivity contribution in [2.24, 2.45) is 0 Å². The second kappa shape index (κ2) is 16.8. The molecule has 258 valence electrons. The fourth-order valence-corrected chi connectivity index (χ4v) is 9.15. The van der Waals surface area contributed by atoms with Crippen molar-refractivity contribution in [3.05, 3.63) is 179 Å². The largest absolute Gasteiger partial charge is 0.289 e. The molecule has 7 rings (SSSR count). The van der Waals surface area contributed by atoms with Crippen LogP contribution in [0.4, 0.5) is 0 Å². The maximum Gasteiger partial charge on any atom is 0.0360 e. The number of rotatable bonds is 12. The summed E-state index contributed by atoms with van der Waals surface area (Å²) in [5, 5.41) is 0. The summed E-state index contributed by atoms with van der Waals surface area (Å²) in [6, 6.07) is 57.0. The van der Waals surface area contributed by atoms with Crippen molar-refractivity contribution in [2.75, 3.05) is 13.1 Å². The van der Waals surface area contributed by atoms with Crippen LogP contribution in [0.1, 0.15) is 135 Å². The Kier molecular flexibility index (Phi) is 11.6. The third-order valence-electron chi connectivity index (χ3n) is 11.8. The molecule has 0 bridgehead atoms. The molecule has 2 saturated heterocycles. The SMILES string of the molecule is CCCCN1C(c2ccccc2)CC(c2ccc(C3CC(c4ccccc4)N(CCCC)C(c4ccccc4)C3)cc2)CC1c1ccccc1. The maximum absolute atomic E-state index is 2.83. The lowest BCUT2D eigenvalue weighted by Crippen LogP contribution is -2.40. The van der Waals surface area contributed by atoms with Crippen LogP contribution >= 0.6 is 0 Å². The molecule has 0 saturated carbocycles. The smallest absolute Gasteiger partial charge is 0.0360 e. The Morgan fingerprint density at radius 2 is 0.620 bits per heavy atom. The number of likely N-dealkylation sites (tertiary alicyclic amines) is 2. The standard InChI is InChI=1S/C48H56N2/c1-3-5-31-49-45(39-19-11-7-12-20-39)33-43(34-46(49)40-21-13-8-14-22-40)37-27-29-38(30-28-37)44-35-47(41-23-15-9-16-24-41)50(32-6-4-2)48(36-44)42-25-17-10-18-26-42/h7-30,43-48H,3-6,31-36H2,1-2H3. The van der Waals surface area contributed by atoms with Gasteiger partial charge in [0.1, 0.15) is 0 Å². The minimum absolute atomic E-state index is 0.414. The van der Waals surface area contributed by atoms with Crippen LogP contribution in [0, 0.1) is 0 Å². The topological polar surface area (TPSA) is 6.48 Å². The van der Waals surface area contributed by atoms with Crippen LogP contribution in [0.3, 0.4) is 0 Å². The lowest BCUT2D eigenvalue weighted by atomic mass is 9.75. The van der Waals surface area contributed by atoms with Gasteiger partial charge in [-0.25, -0.2) is 0 Å². The Labute approximate surface area is 302 Å². The molecule has 2 nitrogen and oxygen atoms in total. The van der Waals surface area contributed by atoms with Gasteiger partial charge in [0.25, 0.3) is 0 Å². The summed E-state index contributed by atoms with van der Waals surface area (Å²) in [6.45, 7) is 6.93.